The predicted molar refractivity (Wildman–Crippen MR) is 65.2 cm³/mol. The van der Waals surface area contributed by atoms with Crippen molar-refractivity contribution in [3.05, 3.63) is 0 Å². The zero-order valence-electron chi connectivity index (χ0n) is 10.4. The fourth-order valence-electron chi connectivity index (χ4n) is 4.02. The van der Waals surface area contributed by atoms with Crippen LogP contribution < -0.4 is 0 Å². The maximum atomic E-state index is 9.92. The van der Waals surface area contributed by atoms with Gasteiger partial charge < -0.3 is 10.0 Å². The first-order valence-corrected chi connectivity index (χ1v) is 7.09. The lowest BCUT2D eigenvalue weighted by molar-refractivity contribution is 0.0938. The minimum atomic E-state index is -0.0522. The molecule has 4 atom stereocenters. The second kappa shape index (κ2) is 4.30. The van der Waals surface area contributed by atoms with Gasteiger partial charge in [0.25, 0.3) is 0 Å². The average Bonchev–Trinajstić information content (AvgIpc) is 2.91. The van der Waals surface area contributed by atoms with E-state index in [1.54, 1.807) is 0 Å². The first-order valence-electron chi connectivity index (χ1n) is 7.09. The third-order valence-corrected chi connectivity index (χ3v) is 5.10. The van der Waals surface area contributed by atoms with E-state index in [9.17, 15) is 5.11 Å². The van der Waals surface area contributed by atoms with Crippen molar-refractivity contribution in [1.82, 2.24) is 4.90 Å². The highest BCUT2D eigenvalue weighted by Crippen LogP contribution is 2.48. The van der Waals surface area contributed by atoms with Crippen molar-refractivity contribution < 1.29 is 5.11 Å². The first-order chi connectivity index (χ1) is 7.72. The monoisotopic (exact) mass is 223 g/mol. The van der Waals surface area contributed by atoms with E-state index in [0.29, 0.717) is 5.92 Å². The number of likely N-dealkylation sites (N-methyl/N-ethyl adjacent to an activating group) is 1. The van der Waals surface area contributed by atoms with Crippen molar-refractivity contribution in [1.29, 1.82) is 0 Å². The lowest BCUT2D eigenvalue weighted by atomic mass is 9.88. The van der Waals surface area contributed by atoms with Crippen molar-refractivity contribution in [2.75, 3.05) is 20.1 Å². The van der Waals surface area contributed by atoms with Gasteiger partial charge in [0.05, 0.1) is 6.10 Å². The Hall–Kier alpha value is -0.0800. The third-order valence-electron chi connectivity index (χ3n) is 5.10. The quantitative estimate of drug-likeness (QED) is 0.772. The Kier molecular flexibility index (Phi) is 2.97. The highest BCUT2D eigenvalue weighted by atomic mass is 16.3. The summed E-state index contributed by atoms with van der Waals surface area (Å²) in [6.07, 6.45) is 8.40. The molecule has 1 N–H and O–H groups in total. The molecule has 0 aliphatic heterocycles. The van der Waals surface area contributed by atoms with E-state index in [0.717, 1.165) is 24.3 Å². The van der Waals surface area contributed by atoms with Crippen LogP contribution in [0.25, 0.3) is 0 Å². The Morgan fingerprint density at radius 3 is 2.56 bits per heavy atom. The number of rotatable bonds is 5. The van der Waals surface area contributed by atoms with E-state index in [1.165, 1.54) is 45.1 Å². The summed E-state index contributed by atoms with van der Waals surface area (Å²) in [7, 11) is 2.19. The first kappa shape index (κ1) is 11.0. The largest absolute Gasteiger partial charge is 0.392 e. The van der Waals surface area contributed by atoms with Crippen LogP contribution in [0.1, 0.15) is 38.5 Å². The summed E-state index contributed by atoms with van der Waals surface area (Å²) in [6.45, 7) is 2.13. The second-order valence-electron chi connectivity index (χ2n) is 6.56. The number of hydrogen-bond donors (Lipinski definition) is 1. The molecule has 3 saturated carbocycles. The van der Waals surface area contributed by atoms with Gasteiger partial charge in [-0.15, -0.1) is 0 Å². The van der Waals surface area contributed by atoms with Crippen LogP contribution in [-0.4, -0.2) is 36.2 Å². The van der Waals surface area contributed by atoms with Gasteiger partial charge in [-0.05, 0) is 62.8 Å². The Balaban J connectivity index is 1.43. The van der Waals surface area contributed by atoms with Crippen LogP contribution in [0.2, 0.25) is 0 Å². The number of aliphatic hydroxyl groups excluding tert-OH is 1. The van der Waals surface area contributed by atoms with Gasteiger partial charge >= 0.3 is 0 Å². The Morgan fingerprint density at radius 1 is 1.19 bits per heavy atom. The van der Waals surface area contributed by atoms with Gasteiger partial charge in [0.15, 0.2) is 0 Å². The van der Waals surface area contributed by atoms with Gasteiger partial charge in [-0.2, -0.15) is 0 Å². The molecule has 0 aromatic heterocycles. The molecule has 0 aromatic carbocycles. The fourth-order valence-corrected chi connectivity index (χ4v) is 4.02. The number of nitrogens with zero attached hydrogens (tertiary/aromatic N) is 1. The van der Waals surface area contributed by atoms with E-state index in [4.69, 9.17) is 0 Å². The summed E-state index contributed by atoms with van der Waals surface area (Å²) in [5, 5.41) is 9.92. The van der Waals surface area contributed by atoms with Gasteiger partial charge in [-0.25, -0.2) is 0 Å². The smallest absolute Gasteiger partial charge is 0.0695 e. The third kappa shape index (κ3) is 2.28. The van der Waals surface area contributed by atoms with Gasteiger partial charge in [-0.1, -0.05) is 6.42 Å². The molecular weight excluding hydrogens is 198 g/mol. The van der Waals surface area contributed by atoms with E-state index in [2.05, 4.69) is 11.9 Å². The summed E-state index contributed by atoms with van der Waals surface area (Å²) < 4.78 is 0. The van der Waals surface area contributed by atoms with Crippen molar-refractivity contribution in [3.63, 3.8) is 0 Å². The number of hydrogen-bond acceptors (Lipinski definition) is 2. The van der Waals surface area contributed by atoms with Gasteiger partial charge in [0.2, 0.25) is 0 Å². The van der Waals surface area contributed by atoms with Crippen LogP contribution in [-0.2, 0) is 0 Å². The molecule has 0 amide bonds. The van der Waals surface area contributed by atoms with E-state index in [1.807, 2.05) is 0 Å². The molecule has 0 radical (unpaired) electrons. The number of fused-ring (bicyclic) bond motifs is 2. The van der Waals surface area contributed by atoms with Crippen LogP contribution in [0.5, 0.6) is 0 Å². The molecular formula is C14H25NO. The van der Waals surface area contributed by atoms with Crippen molar-refractivity contribution in [3.8, 4) is 0 Å². The molecule has 16 heavy (non-hydrogen) atoms. The lowest BCUT2D eigenvalue weighted by Gasteiger charge is -2.28. The summed E-state index contributed by atoms with van der Waals surface area (Å²) in [5.74, 6) is 3.64. The summed E-state index contributed by atoms with van der Waals surface area (Å²) in [5.41, 5.74) is 0. The van der Waals surface area contributed by atoms with Gasteiger partial charge in [0, 0.05) is 13.1 Å². The van der Waals surface area contributed by atoms with Crippen LogP contribution in [0.15, 0.2) is 0 Å². The van der Waals surface area contributed by atoms with E-state index < -0.39 is 0 Å². The molecule has 3 aliphatic rings. The highest BCUT2D eigenvalue weighted by Gasteiger charge is 2.40. The van der Waals surface area contributed by atoms with E-state index in [-0.39, 0.29) is 6.10 Å². The van der Waals surface area contributed by atoms with Crippen molar-refractivity contribution in [2.24, 2.45) is 23.7 Å². The average molecular weight is 223 g/mol. The second-order valence-corrected chi connectivity index (χ2v) is 6.56. The van der Waals surface area contributed by atoms with Crippen LogP contribution >= 0.6 is 0 Å². The van der Waals surface area contributed by atoms with Crippen molar-refractivity contribution >= 4 is 0 Å². The summed E-state index contributed by atoms with van der Waals surface area (Å²) >= 11 is 0. The summed E-state index contributed by atoms with van der Waals surface area (Å²) in [4.78, 5) is 2.38. The minimum absolute atomic E-state index is 0.0522. The van der Waals surface area contributed by atoms with Gasteiger partial charge in [-0.3, -0.25) is 0 Å². The van der Waals surface area contributed by atoms with Crippen LogP contribution in [0.4, 0.5) is 0 Å². The van der Waals surface area contributed by atoms with Crippen molar-refractivity contribution in [2.45, 2.75) is 44.6 Å². The molecule has 3 aliphatic carbocycles. The standard InChI is InChI=1S/C14H25NO/c1-15(9-14(16)11-4-5-11)8-13-7-10-2-3-12(13)6-10/h10-14,16H,2-9H2,1H3. The Morgan fingerprint density at radius 2 is 2.00 bits per heavy atom. The maximum Gasteiger partial charge on any atom is 0.0695 e. The topological polar surface area (TPSA) is 23.5 Å². The molecule has 2 nitrogen and oxygen atoms in total. The molecule has 0 saturated heterocycles. The Bertz CT molecular complexity index is 251. The molecule has 2 heteroatoms. The lowest BCUT2D eigenvalue weighted by Crippen LogP contribution is -2.35. The molecule has 3 rings (SSSR count). The van der Waals surface area contributed by atoms with Crippen LogP contribution in [0, 0.1) is 23.7 Å². The Labute approximate surface area is 99.0 Å². The SMILES string of the molecule is CN(CC(O)C1CC1)CC1CC2CCC1C2. The molecule has 0 aromatic rings. The molecule has 2 bridgehead atoms. The summed E-state index contributed by atoms with van der Waals surface area (Å²) in [6, 6.07) is 0. The molecule has 3 fully saturated rings. The normalized spacial score (nSPS) is 39.6. The maximum absolute atomic E-state index is 9.92. The van der Waals surface area contributed by atoms with Crippen LogP contribution in [0.3, 0.4) is 0 Å². The van der Waals surface area contributed by atoms with E-state index >= 15 is 0 Å². The zero-order valence-corrected chi connectivity index (χ0v) is 10.4. The molecule has 4 unspecified atom stereocenters. The number of aliphatic hydroxyl groups is 1. The van der Waals surface area contributed by atoms with Gasteiger partial charge in [0.1, 0.15) is 0 Å². The molecule has 92 valence electrons. The highest BCUT2D eigenvalue weighted by molar-refractivity contribution is 4.91. The molecule has 0 spiro atoms. The fraction of sp³-hybridized carbons (Fsp3) is 1.00. The predicted octanol–water partition coefficient (Wildman–Crippen LogP) is 2.13. The molecule has 0 heterocycles. The zero-order chi connectivity index (χ0) is 11.1. The minimum Gasteiger partial charge on any atom is -0.392 e.